The largest absolute Gasteiger partial charge is 0.374 e. The average molecular weight is 457 g/mol. The zero-order valence-electron chi connectivity index (χ0n) is 15.2. The molecule has 2 bridgehead atoms. The van der Waals surface area contributed by atoms with E-state index in [-0.39, 0.29) is 24.0 Å². The Morgan fingerprint density at radius 3 is 2.48 bits per heavy atom. The molecule has 3 saturated heterocycles. The first-order valence-corrected chi connectivity index (χ1v) is 8.89. The molecule has 1 N–H and O–H groups in total. The van der Waals surface area contributed by atoms with Crippen LogP contribution in [0.25, 0.3) is 0 Å². The number of nitrogens with zero attached hydrogens (tertiary/aromatic N) is 4. The van der Waals surface area contributed by atoms with Crippen LogP contribution in [0.3, 0.4) is 0 Å². The first-order chi connectivity index (χ1) is 11.7. The number of rotatable bonds is 3. The molecular formula is C18H28IN5O. The van der Waals surface area contributed by atoms with E-state index in [4.69, 9.17) is 4.74 Å². The lowest BCUT2D eigenvalue weighted by molar-refractivity contribution is 0.0767. The van der Waals surface area contributed by atoms with Gasteiger partial charge in [-0.25, -0.2) is 4.98 Å². The molecule has 25 heavy (non-hydrogen) atoms. The minimum Gasteiger partial charge on any atom is -0.374 e. The summed E-state index contributed by atoms with van der Waals surface area (Å²) < 4.78 is 6.06. The number of nitrogens with one attached hydrogen (secondary N) is 1. The molecule has 6 nitrogen and oxygen atoms in total. The van der Waals surface area contributed by atoms with E-state index in [0.717, 1.165) is 31.4 Å². The summed E-state index contributed by atoms with van der Waals surface area (Å²) in [6.07, 6.45) is 5.41. The van der Waals surface area contributed by atoms with Crippen LogP contribution in [0, 0.1) is 11.8 Å². The highest BCUT2D eigenvalue weighted by Crippen LogP contribution is 2.47. The van der Waals surface area contributed by atoms with Crippen LogP contribution in [-0.4, -0.2) is 62.3 Å². The fourth-order valence-electron chi connectivity index (χ4n) is 4.43. The van der Waals surface area contributed by atoms with E-state index >= 15 is 0 Å². The van der Waals surface area contributed by atoms with Gasteiger partial charge in [-0.2, -0.15) is 0 Å². The Balaban J connectivity index is 0.00000182. The number of halogens is 1. The number of aromatic nitrogens is 1. The fourth-order valence-corrected chi connectivity index (χ4v) is 4.43. The molecule has 0 radical (unpaired) electrons. The highest BCUT2D eigenvalue weighted by Gasteiger charge is 2.53. The van der Waals surface area contributed by atoms with Gasteiger partial charge in [-0.15, -0.1) is 24.0 Å². The van der Waals surface area contributed by atoms with E-state index in [1.165, 1.54) is 18.4 Å². The second kappa shape index (κ2) is 7.65. The molecule has 1 aromatic heterocycles. The molecule has 4 atom stereocenters. The molecule has 1 aromatic rings. The molecule has 4 heterocycles. The third kappa shape index (κ3) is 3.58. The van der Waals surface area contributed by atoms with Crippen LogP contribution in [0.4, 0.5) is 5.82 Å². The summed E-state index contributed by atoms with van der Waals surface area (Å²) >= 11 is 0. The van der Waals surface area contributed by atoms with Crippen LogP contribution >= 0.6 is 24.0 Å². The molecule has 0 aliphatic carbocycles. The van der Waals surface area contributed by atoms with Gasteiger partial charge in [-0.3, -0.25) is 4.99 Å². The van der Waals surface area contributed by atoms with Gasteiger partial charge in [-0.1, -0.05) is 6.07 Å². The lowest BCUT2D eigenvalue weighted by Gasteiger charge is -2.23. The summed E-state index contributed by atoms with van der Waals surface area (Å²) in [7, 11) is 5.88. The van der Waals surface area contributed by atoms with Gasteiger partial charge in [0.05, 0.1) is 12.2 Å². The Labute approximate surface area is 167 Å². The van der Waals surface area contributed by atoms with E-state index in [2.05, 4.69) is 32.3 Å². The molecule has 4 rings (SSSR count). The number of anilines is 1. The van der Waals surface area contributed by atoms with Gasteiger partial charge >= 0.3 is 0 Å². The van der Waals surface area contributed by atoms with Gasteiger partial charge in [0.15, 0.2) is 5.96 Å². The molecule has 3 fully saturated rings. The van der Waals surface area contributed by atoms with Crippen LogP contribution in [0.1, 0.15) is 18.4 Å². The molecule has 4 unspecified atom stereocenters. The van der Waals surface area contributed by atoms with E-state index in [9.17, 15) is 0 Å². The predicted molar refractivity (Wildman–Crippen MR) is 111 cm³/mol. The van der Waals surface area contributed by atoms with Gasteiger partial charge in [-0.05, 0) is 24.5 Å². The lowest BCUT2D eigenvalue weighted by atomic mass is 9.82. The Morgan fingerprint density at radius 2 is 1.96 bits per heavy atom. The van der Waals surface area contributed by atoms with Gasteiger partial charge < -0.3 is 19.9 Å². The van der Waals surface area contributed by atoms with Crippen LogP contribution < -0.4 is 10.2 Å². The van der Waals surface area contributed by atoms with Gasteiger partial charge in [0.25, 0.3) is 0 Å². The number of pyridine rings is 1. The fraction of sp³-hybridized carbons (Fsp3) is 0.667. The Morgan fingerprint density at radius 1 is 1.28 bits per heavy atom. The van der Waals surface area contributed by atoms with Crippen LogP contribution in [-0.2, 0) is 11.3 Å². The summed E-state index contributed by atoms with van der Waals surface area (Å²) in [4.78, 5) is 13.4. The van der Waals surface area contributed by atoms with Crippen LogP contribution in [0.5, 0.6) is 0 Å². The number of hydrogen-bond acceptors (Lipinski definition) is 4. The molecule has 0 amide bonds. The maximum atomic E-state index is 6.06. The minimum atomic E-state index is 0. The number of likely N-dealkylation sites (tertiary alicyclic amines) is 1. The Hall–Kier alpha value is -1.09. The van der Waals surface area contributed by atoms with Crippen molar-refractivity contribution < 1.29 is 4.74 Å². The number of fused-ring (bicyclic) bond motifs is 5. The van der Waals surface area contributed by atoms with Crippen molar-refractivity contribution in [3.63, 3.8) is 0 Å². The van der Waals surface area contributed by atoms with Crippen molar-refractivity contribution in [1.29, 1.82) is 0 Å². The molecule has 0 aromatic carbocycles. The molecule has 3 aliphatic heterocycles. The molecular weight excluding hydrogens is 429 g/mol. The Bertz CT molecular complexity index is 602. The second-order valence-electron chi connectivity index (χ2n) is 7.34. The third-order valence-electron chi connectivity index (χ3n) is 5.68. The average Bonchev–Trinajstić information content (AvgIpc) is 3.29. The van der Waals surface area contributed by atoms with Crippen molar-refractivity contribution in [2.45, 2.75) is 31.6 Å². The maximum Gasteiger partial charge on any atom is 0.193 e. The minimum absolute atomic E-state index is 0. The SMILES string of the molecule is CN=C(NCc1ccc(N(C)C)nc1)N1CC2C3CCC(O3)C2C1.I. The zero-order valence-corrected chi connectivity index (χ0v) is 17.5. The van der Waals surface area contributed by atoms with Crippen molar-refractivity contribution >= 4 is 35.8 Å². The summed E-state index contributed by atoms with van der Waals surface area (Å²) in [5, 5.41) is 3.50. The number of guanidine groups is 1. The van der Waals surface area contributed by atoms with Gasteiger partial charge in [0, 0.05) is 58.8 Å². The second-order valence-corrected chi connectivity index (χ2v) is 7.34. The summed E-state index contributed by atoms with van der Waals surface area (Å²) in [5.41, 5.74) is 1.17. The normalized spacial score (nSPS) is 30.2. The summed E-state index contributed by atoms with van der Waals surface area (Å²) in [6, 6.07) is 4.17. The smallest absolute Gasteiger partial charge is 0.193 e. The van der Waals surface area contributed by atoms with Gasteiger partial charge in [0.2, 0.25) is 0 Å². The van der Waals surface area contributed by atoms with Crippen LogP contribution in [0.15, 0.2) is 23.3 Å². The first kappa shape index (κ1) is 18.7. The van der Waals surface area contributed by atoms with E-state index in [0.29, 0.717) is 24.0 Å². The molecule has 0 saturated carbocycles. The van der Waals surface area contributed by atoms with E-state index in [1.54, 1.807) is 0 Å². The van der Waals surface area contributed by atoms with E-state index in [1.807, 2.05) is 32.2 Å². The zero-order chi connectivity index (χ0) is 16.7. The molecule has 3 aliphatic rings. The number of aliphatic imine (C=N–C) groups is 1. The molecule has 7 heteroatoms. The standard InChI is InChI=1S/C18H27N5O.HI/c1-19-18(21-9-12-4-7-17(20-8-12)22(2)3)23-10-13-14(11-23)16-6-5-15(13)24-16;/h4,7-8,13-16H,5-6,9-11H2,1-3H3,(H,19,21);1H. The quantitative estimate of drug-likeness (QED) is 0.428. The lowest BCUT2D eigenvalue weighted by Crippen LogP contribution is -2.41. The van der Waals surface area contributed by atoms with Crippen molar-refractivity contribution in [2.24, 2.45) is 16.8 Å². The van der Waals surface area contributed by atoms with Crippen LogP contribution in [0.2, 0.25) is 0 Å². The maximum absolute atomic E-state index is 6.06. The Kier molecular flexibility index (Phi) is 5.72. The van der Waals surface area contributed by atoms with Crippen molar-refractivity contribution in [3.8, 4) is 0 Å². The highest BCUT2D eigenvalue weighted by molar-refractivity contribution is 14.0. The molecule has 0 spiro atoms. The number of ether oxygens (including phenoxy) is 1. The highest BCUT2D eigenvalue weighted by atomic mass is 127. The van der Waals surface area contributed by atoms with Crippen molar-refractivity contribution in [2.75, 3.05) is 39.1 Å². The summed E-state index contributed by atoms with van der Waals surface area (Å²) in [5.74, 6) is 3.37. The summed E-state index contributed by atoms with van der Waals surface area (Å²) in [6.45, 7) is 2.90. The predicted octanol–water partition coefficient (Wildman–Crippen LogP) is 1.95. The van der Waals surface area contributed by atoms with Crippen molar-refractivity contribution in [1.82, 2.24) is 15.2 Å². The topological polar surface area (TPSA) is 53.0 Å². The first-order valence-electron chi connectivity index (χ1n) is 8.89. The van der Waals surface area contributed by atoms with Gasteiger partial charge in [0.1, 0.15) is 5.82 Å². The molecule has 138 valence electrons. The van der Waals surface area contributed by atoms with Crippen molar-refractivity contribution in [3.05, 3.63) is 23.9 Å². The third-order valence-corrected chi connectivity index (χ3v) is 5.68. The number of hydrogen-bond donors (Lipinski definition) is 1. The van der Waals surface area contributed by atoms with E-state index < -0.39 is 0 Å². The monoisotopic (exact) mass is 457 g/mol.